The largest absolute Gasteiger partial charge is 0.538 e. The standard InChI is InChI=1S/C24H19N5O4S2/c1-15-18(14-25)22(35-20(15)21(31)26-16-8-4-2-5-9-16)27-19(30)12-13-34-23-24(32)33-28-29(23)17-10-6-3-7-11-17/h2-11H,12-13H2,1H3,(H2-,26,27,28,30,31,32). The number of rotatable bonds is 8. The summed E-state index contributed by atoms with van der Waals surface area (Å²) >= 11 is 2.19. The molecule has 176 valence electrons. The van der Waals surface area contributed by atoms with Gasteiger partial charge in [-0.05, 0) is 29.3 Å². The number of carbonyl (C=O) groups excluding carboxylic acids is 2. The Morgan fingerprint density at radius 3 is 2.51 bits per heavy atom. The molecule has 0 atom stereocenters. The Bertz CT molecular complexity index is 1390. The van der Waals surface area contributed by atoms with E-state index in [4.69, 9.17) is 4.52 Å². The number of amides is 2. The molecule has 0 aliphatic carbocycles. The van der Waals surface area contributed by atoms with Crippen LogP contribution in [-0.2, 0) is 4.79 Å². The second kappa shape index (κ2) is 10.9. The van der Waals surface area contributed by atoms with Crippen molar-refractivity contribution in [3.63, 3.8) is 0 Å². The fourth-order valence-corrected chi connectivity index (χ4v) is 5.15. The van der Waals surface area contributed by atoms with Gasteiger partial charge in [-0.1, -0.05) is 48.2 Å². The van der Waals surface area contributed by atoms with Crippen LogP contribution in [0.4, 0.5) is 10.7 Å². The van der Waals surface area contributed by atoms with Crippen molar-refractivity contribution in [2.24, 2.45) is 0 Å². The van der Waals surface area contributed by atoms with Gasteiger partial charge in [0.15, 0.2) is 5.95 Å². The average molecular weight is 506 g/mol. The van der Waals surface area contributed by atoms with Crippen LogP contribution >= 0.6 is 23.1 Å². The lowest BCUT2D eigenvalue weighted by Crippen LogP contribution is -2.34. The highest BCUT2D eigenvalue weighted by atomic mass is 32.2. The molecule has 9 nitrogen and oxygen atoms in total. The van der Waals surface area contributed by atoms with Crippen LogP contribution in [0.1, 0.15) is 27.2 Å². The molecule has 0 radical (unpaired) electrons. The van der Waals surface area contributed by atoms with E-state index in [0.29, 0.717) is 26.8 Å². The van der Waals surface area contributed by atoms with Crippen LogP contribution in [0.15, 0.2) is 70.2 Å². The molecule has 0 aliphatic heterocycles. The summed E-state index contributed by atoms with van der Waals surface area (Å²) in [5.41, 5.74) is 2.04. The first-order valence-electron chi connectivity index (χ1n) is 10.4. The van der Waals surface area contributed by atoms with E-state index in [1.807, 2.05) is 24.3 Å². The highest BCUT2D eigenvalue weighted by Crippen LogP contribution is 2.33. The molecule has 2 N–H and O–H groups in total. The number of hydrogen-bond donors (Lipinski definition) is 2. The smallest absolute Gasteiger partial charge is 0.297 e. The van der Waals surface area contributed by atoms with Gasteiger partial charge >= 0.3 is 0 Å². The van der Waals surface area contributed by atoms with Crippen molar-refractivity contribution in [3.8, 4) is 17.7 Å². The third kappa shape index (κ3) is 5.51. The highest BCUT2D eigenvalue weighted by Gasteiger charge is 2.23. The van der Waals surface area contributed by atoms with E-state index in [0.717, 1.165) is 23.1 Å². The molecule has 35 heavy (non-hydrogen) atoms. The molecule has 4 rings (SSSR count). The fraction of sp³-hybridized carbons (Fsp3) is 0.125. The van der Waals surface area contributed by atoms with Gasteiger partial charge in [0.05, 0.1) is 15.7 Å². The van der Waals surface area contributed by atoms with E-state index in [1.165, 1.54) is 4.68 Å². The van der Waals surface area contributed by atoms with Crippen molar-refractivity contribution in [3.05, 3.63) is 76.7 Å². The van der Waals surface area contributed by atoms with Gasteiger partial charge in [0.2, 0.25) is 11.6 Å². The molecule has 2 aromatic carbocycles. The summed E-state index contributed by atoms with van der Waals surface area (Å²) in [6.07, 6.45) is 0.0669. The number of hydrogen-bond acceptors (Lipinski definition) is 8. The number of carbonyl (C=O) groups is 2. The van der Waals surface area contributed by atoms with Crippen LogP contribution < -0.4 is 20.4 Å². The minimum Gasteiger partial charge on any atom is -0.538 e. The van der Waals surface area contributed by atoms with Gasteiger partial charge in [-0.3, -0.25) is 9.59 Å². The SMILES string of the molecule is Cc1c(C(=O)Nc2ccccc2)sc(NC(=O)CCSc2c([O-])on[n+]2-c2ccccc2)c1C#N. The van der Waals surface area contributed by atoms with Gasteiger partial charge in [-0.2, -0.15) is 5.26 Å². The zero-order valence-electron chi connectivity index (χ0n) is 18.5. The van der Waals surface area contributed by atoms with Crippen LogP contribution in [0, 0.1) is 18.3 Å². The summed E-state index contributed by atoms with van der Waals surface area (Å²) in [6.45, 7) is 1.67. The third-order valence-corrected chi connectivity index (χ3v) is 7.12. The summed E-state index contributed by atoms with van der Waals surface area (Å²) in [5, 5.41) is 31.5. The molecule has 2 heterocycles. The summed E-state index contributed by atoms with van der Waals surface area (Å²) in [7, 11) is 0. The number of nitrogens with zero attached hydrogens (tertiary/aromatic N) is 3. The first-order chi connectivity index (χ1) is 17.0. The Morgan fingerprint density at radius 1 is 1.14 bits per heavy atom. The number of aromatic nitrogens is 2. The second-order valence-corrected chi connectivity index (χ2v) is 9.36. The minimum atomic E-state index is -0.589. The Balaban J connectivity index is 1.40. The average Bonchev–Trinajstić information content (AvgIpc) is 3.39. The predicted octanol–water partition coefficient (Wildman–Crippen LogP) is 3.64. The second-order valence-electron chi connectivity index (χ2n) is 7.25. The molecule has 2 aromatic heterocycles. The lowest BCUT2D eigenvalue weighted by molar-refractivity contribution is -0.705. The van der Waals surface area contributed by atoms with Gasteiger partial charge in [-0.15, -0.1) is 11.3 Å². The quantitative estimate of drug-likeness (QED) is 0.276. The van der Waals surface area contributed by atoms with Crippen molar-refractivity contribution in [2.45, 2.75) is 18.4 Å². The van der Waals surface area contributed by atoms with Crippen LogP contribution in [0.3, 0.4) is 0 Å². The van der Waals surface area contributed by atoms with E-state index in [9.17, 15) is 20.0 Å². The van der Waals surface area contributed by atoms with Gasteiger partial charge in [0.1, 0.15) is 11.1 Å². The van der Waals surface area contributed by atoms with E-state index in [-0.39, 0.29) is 34.6 Å². The summed E-state index contributed by atoms with van der Waals surface area (Å²) in [6, 6.07) is 20.1. The van der Waals surface area contributed by atoms with Crippen molar-refractivity contribution in [2.75, 3.05) is 16.4 Å². The third-order valence-electron chi connectivity index (χ3n) is 4.89. The normalized spacial score (nSPS) is 10.5. The maximum atomic E-state index is 12.7. The fourth-order valence-electron chi connectivity index (χ4n) is 3.19. The number of nitriles is 1. The molecule has 0 saturated carbocycles. The maximum Gasteiger partial charge on any atom is 0.297 e. The number of anilines is 2. The Labute approximate surface area is 209 Å². The molecule has 11 heteroatoms. The molecule has 2 amide bonds. The summed E-state index contributed by atoms with van der Waals surface area (Å²) < 4.78 is 6.17. The van der Waals surface area contributed by atoms with Crippen molar-refractivity contribution < 1.29 is 23.9 Å². The van der Waals surface area contributed by atoms with Crippen molar-refractivity contribution in [1.82, 2.24) is 5.27 Å². The number of para-hydroxylation sites is 2. The van der Waals surface area contributed by atoms with Gasteiger partial charge in [0.25, 0.3) is 10.9 Å². The lowest BCUT2D eigenvalue weighted by atomic mass is 10.1. The number of thiophene rings is 1. The molecule has 0 spiro atoms. The van der Waals surface area contributed by atoms with Gasteiger partial charge < -0.3 is 20.3 Å². The first-order valence-corrected chi connectivity index (χ1v) is 12.2. The number of nitrogens with one attached hydrogen (secondary N) is 2. The summed E-state index contributed by atoms with van der Waals surface area (Å²) in [5.74, 6) is -1.01. The van der Waals surface area contributed by atoms with Crippen molar-refractivity contribution >= 4 is 45.6 Å². The maximum absolute atomic E-state index is 12.7. The van der Waals surface area contributed by atoms with Gasteiger partial charge in [0, 0.05) is 30.0 Å². The lowest BCUT2D eigenvalue weighted by Gasteiger charge is -2.03. The Kier molecular flexibility index (Phi) is 7.45. The van der Waals surface area contributed by atoms with E-state index < -0.39 is 5.95 Å². The predicted molar refractivity (Wildman–Crippen MR) is 130 cm³/mol. The Morgan fingerprint density at radius 2 is 1.83 bits per heavy atom. The highest BCUT2D eigenvalue weighted by molar-refractivity contribution is 7.99. The van der Waals surface area contributed by atoms with E-state index >= 15 is 0 Å². The molecule has 0 saturated heterocycles. The van der Waals surface area contributed by atoms with Gasteiger partial charge in [-0.25, -0.2) is 0 Å². The molecular formula is C24H19N5O4S2. The van der Waals surface area contributed by atoms with Crippen LogP contribution in [0.2, 0.25) is 0 Å². The first kappa shape index (κ1) is 24.0. The monoisotopic (exact) mass is 505 g/mol. The van der Waals surface area contributed by atoms with Crippen molar-refractivity contribution in [1.29, 1.82) is 5.26 Å². The molecule has 0 aliphatic rings. The van der Waals surface area contributed by atoms with E-state index in [2.05, 4.69) is 22.0 Å². The summed E-state index contributed by atoms with van der Waals surface area (Å²) in [4.78, 5) is 25.6. The zero-order valence-corrected chi connectivity index (χ0v) is 20.1. The molecule has 0 bridgehead atoms. The Hall–Kier alpha value is -4.14. The van der Waals surface area contributed by atoms with Crippen LogP contribution in [-0.4, -0.2) is 22.8 Å². The molecular weight excluding hydrogens is 486 g/mol. The molecule has 0 unspecified atom stereocenters. The topological polar surface area (TPSA) is 135 Å². The van der Waals surface area contributed by atoms with E-state index in [1.54, 1.807) is 43.3 Å². The zero-order chi connectivity index (χ0) is 24.8. The van der Waals surface area contributed by atoms with Crippen LogP contribution in [0.5, 0.6) is 5.95 Å². The number of benzene rings is 2. The molecule has 4 aromatic rings. The minimum absolute atomic E-state index is 0.0669. The number of thioether (sulfide) groups is 1. The molecule has 0 fully saturated rings. The van der Waals surface area contributed by atoms with Crippen LogP contribution in [0.25, 0.3) is 5.69 Å².